The number of carbonyl (C=O) groups excluding carboxylic acids is 1. The molecular weight excluding hydrogens is 368 g/mol. The molecule has 0 atom stereocenters. The van der Waals surface area contributed by atoms with Crippen LogP contribution in [0.3, 0.4) is 0 Å². The van der Waals surface area contributed by atoms with E-state index in [2.05, 4.69) is 38.6 Å². The molecule has 0 aliphatic carbocycles. The summed E-state index contributed by atoms with van der Waals surface area (Å²) < 4.78 is 6.83. The van der Waals surface area contributed by atoms with Gasteiger partial charge in [0.05, 0.1) is 7.11 Å². The lowest BCUT2D eigenvalue weighted by molar-refractivity contribution is -0.133. The van der Waals surface area contributed by atoms with E-state index in [-0.39, 0.29) is 12.5 Å². The first kappa shape index (κ1) is 19.8. The van der Waals surface area contributed by atoms with Gasteiger partial charge in [0.2, 0.25) is 5.91 Å². The Bertz CT molecular complexity index is 780. The van der Waals surface area contributed by atoms with Crippen molar-refractivity contribution >= 4 is 5.91 Å². The second kappa shape index (κ2) is 9.35. The van der Waals surface area contributed by atoms with Gasteiger partial charge in [-0.25, -0.2) is 4.68 Å². The van der Waals surface area contributed by atoms with Crippen molar-refractivity contribution in [1.29, 1.82) is 0 Å². The maximum Gasteiger partial charge on any atom is 0.244 e. The molecule has 0 bridgehead atoms. The first-order chi connectivity index (χ1) is 14.2. The second-order valence-corrected chi connectivity index (χ2v) is 8.19. The van der Waals surface area contributed by atoms with E-state index in [1.807, 2.05) is 11.0 Å². The van der Waals surface area contributed by atoms with Crippen LogP contribution >= 0.6 is 0 Å². The van der Waals surface area contributed by atoms with Crippen molar-refractivity contribution in [2.75, 3.05) is 33.3 Å². The number of hydrogen-bond acceptors (Lipinski definition) is 6. The van der Waals surface area contributed by atoms with E-state index in [9.17, 15) is 4.79 Å². The van der Waals surface area contributed by atoms with Crippen LogP contribution in [-0.4, -0.2) is 69.2 Å². The Morgan fingerprint density at radius 2 is 1.83 bits per heavy atom. The van der Waals surface area contributed by atoms with Crippen molar-refractivity contribution in [2.45, 2.75) is 38.8 Å². The molecule has 8 nitrogen and oxygen atoms in total. The Hall–Kier alpha value is -2.48. The van der Waals surface area contributed by atoms with Gasteiger partial charge in [-0.2, -0.15) is 0 Å². The number of nitrogens with zero attached hydrogens (tertiary/aromatic N) is 6. The molecule has 4 rings (SSSR count). The minimum atomic E-state index is 0.115. The molecule has 2 saturated heterocycles. The van der Waals surface area contributed by atoms with Crippen molar-refractivity contribution in [3.63, 3.8) is 0 Å². The highest BCUT2D eigenvalue weighted by Gasteiger charge is 2.31. The largest absolute Gasteiger partial charge is 0.497 e. The maximum absolute atomic E-state index is 12.4. The SMILES string of the molecule is COc1cccc(CN2CCC(C3CCN(C(=O)Cn4cnnn4)CC3)CC2)c1. The number of carbonyl (C=O) groups is 1. The van der Waals surface area contributed by atoms with Crippen LogP contribution in [0.4, 0.5) is 0 Å². The highest BCUT2D eigenvalue weighted by molar-refractivity contribution is 5.75. The molecule has 29 heavy (non-hydrogen) atoms. The van der Waals surface area contributed by atoms with E-state index >= 15 is 0 Å². The van der Waals surface area contributed by atoms with Gasteiger partial charge in [-0.15, -0.1) is 5.10 Å². The van der Waals surface area contributed by atoms with E-state index in [1.54, 1.807) is 7.11 Å². The molecule has 0 unspecified atom stereocenters. The molecular formula is C21H30N6O2. The number of amides is 1. The highest BCUT2D eigenvalue weighted by atomic mass is 16.5. The van der Waals surface area contributed by atoms with Gasteiger partial charge in [0.25, 0.3) is 0 Å². The van der Waals surface area contributed by atoms with Gasteiger partial charge in [-0.1, -0.05) is 12.1 Å². The van der Waals surface area contributed by atoms with Crippen LogP contribution in [-0.2, 0) is 17.9 Å². The Morgan fingerprint density at radius 1 is 1.10 bits per heavy atom. The molecule has 1 aromatic heterocycles. The topological polar surface area (TPSA) is 76.4 Å². The summed E-state index contributed by atoms with van der Waals surface area (Å²) in [6.45, 7) is 5.25. The summed E-state index contributed by atoms with van der Waals surface area (Å²) in [7, 11) is 1.72. The molecule has 0 spiro atoms. The Labute approximate surface area is 171 Å². The van der Waals surface area contributed by atoms with E-state index in [0.29, 0.717) is 0 Å². The van der Waals surface area contributed by atoms with Crippen LogP contribution in [0.5, 0.6) is 5.75 Å². The number of hydrogen-bond donors (Lipinski definition) is 0. The molecule has 0 saturated carbocycles. The van der Waals surface area contributed by atoms with Crippen molar-refractivity contribution in [1.82, 2.24) is 30.0 Å². The lowest BCUT2D eigenvalue weighted by atomic mass is 9.78. The van der Waals surface area contributed by atoms with Gasteiger partial charge in [0.15, 0.2) is 0 Å². The summed E-state index contributed by atoms with van der Waals surface area (Å²) in [6, 6.07) is 8.37. The van der Waals surface area contributed by atoms with E-state index in [0.717, 1.165) is 63.2 Å². The number of benzene rings is 1. The van der Waals surface area contributed by atoms with Gasteiger partial charge >= 0.3 is 0 Å². The van der Waals surface area contributed by atoms with E-state index in [1.165, 1.54) is 29.4 Å². The maximum atomic E-state index is 12.4. The summed E-state index contributed by atoms with van der Waals surface area (Å²) in [6.07, 6.45) is 6.23. The van der Waals surface area contributed by atoms with Gasteiger partial charge in [0.1, 0.15) is 18.6 Å². The first-order valence-electron chi connectivity index (χ1n) is 10.5. The molecule has 1 aromatic carbocycles. The number of methoxy groups -OCH3 is 1. The number of piperidine rings is 2. The molecule has 2 aliphatic heterocycles. The van der Waals surface area contributed by atoms with Crippen LogP contribution in [0.25, 0.3) is 0 Å². The third-order valence-corrected chi connectivity index (χ3v) is 6.42. The van der Waals surface area contributed by atoms with Gasteiger partial charge in [-0.05, 0) is 78.7 Å². The third kappa shape index (κ3) is 5.12. The standard InChI is InChI=1S/C21H30N6O2/c1-29-20-4-2-3-17(13-20)14-25-9-5-18(6-10-25)19-7-11-26(12-8-19)21(28)15-27-16-22-23-24-27/h2-4,13,16,18-19H,5-12,14-15H2,1H3. The summed E-state index contributed by atoms with van der Waals surface area (Å²) in [5.74, 6) is 2.57. The fraction of sp³-hybridized carbons (Fsp3) is 0.619. The lowest BCUT2D eigenvalue weighted by Crippen LogP contribution is -2.43. The predicted octanol–water partition coefficient (Wildman–Crippen LogP) is 1.83. The predicted molar refractivity (Wildman–Crippen MR) is 108 cm³/mol. The van der Waals surface area contributed by atoms with Crippen molar-refractivity contribution in [2.24, 2.45) is 11.8 Å². The quantitative estimate of drug-likeness (QED) is 0.739. The number of rotatable bonds is 6. The molecule has 2 fully saturated rings. The van der Waals surface area contributed by atoms with Crippen LogP contribution in [0.15, 0.2) is 30.6 Å². The highest BCUT2D eigenvalue weighted by Crippen LogP contribution is 2.33. The zero-order valence-corrected chi connectivity index (χ0v) is 17.1. The minimum Gasteiger partial charge on any atom is -0.497 e. The second-order valence-electron chi connectivity index (χ2n) is 8.19. The number of aromatic nitrogens is 4. The summed E-state index contributed by atoms with van der Waals surface area (Å²) >= 11 is 0. The minimum absolute atomic E-state index is 0.115. The number of ether oxygens (including phenoxy) is 1. The number of likely N-dealkylation sites (tertiary alicyclic amines) is 2. The average molecular weight is 399 g/mol. The Kier molecular flexibility index (Phi) is 6.39. The summed E-state index contributed by atoms with van der Waals surface area (Å²) in [4.78, 5) is 16.9. The molecule has 0 radical (unpaired) electrons. The normalized spacial score (nSPS) is 19.4. The van der Waals surface area contributed by atoms with Crippen LogP contribution in [0.1, 0.15) is 31.2 Å². The fourth-order valence-electron chi connectivity index (χ4n) is 4.72. The Balaban J connectivity index is 1.20. The van der Waals surface area contributed by atoms with Gasteiger partial charge in [0, 0.05) is 19.6 Å². The Morgan fingerprint density at radius 3 is 2.48 bits per heavy atom. The molecule has 8 heteroatoms. The molecule has 1 amide bonds. The molecule has 2 aliphatic rings. The molecule has 2 aromatic rings. The van der Waals surface area contributed by atoms with Crippen LogP contribution in [0.2, 0.25) is 0 Å². The van der Waals surface area contributed by atoms with Crippen molar-refractivity contribution in [3.05, 3.63) is 36.2 Å². The van der Waals surface area contributed by atoms with E-state index in [4.69, 9.17) is 4.74 Å². The van der Waals surface area contributed by atoms with Gasteiger partial charge in [-0.3, -0.25) is 9.69 Å². The van der Waals surface area contributed by atoms with Crippen molar-refractivity contribution in [3.8, 4) is 5.75 Å². The summed E-state index contributed by atoms with van der Waals surface area (Å²) in [5, 5.41) is 11.0. The molecule has 3 heterocycles. The average Bonchev–Trinajstić information content (AvgIpc) is 3.27. The zero-order valence-electron chi connectivity index (χ0n) is 17.1. The smallest absolute Gasteiger partial charge is 0.244 e. The lowest BCUT2D eigenvalue weighted by Gasteiger charge is -2.40. The fourth-order valence-corrected chi connectivity index (χ4v) is 4.72. The third-order valence-electron chi connectivity index (χ3n) is 6.42. The van der Waals surface area contributed by atoms with Crippen molar-refractivity contribution < 1.29 is 9.53 Å². The monoisotopic (exact) mass is 398 g/mol. The zero-order chi connectivity index (χ0) is 20.1. The van der Waals surface area contributed by atoms with Crippen LogP contribution < -0.4 is 4.74 Å². The number of tetrazole rings is 1. The van der Waals surface area contributed by atoms with Crippen LogP contribution in [0, 0.1) is 11.8 Å². The summed E-state index contributed by atoms with van der Waals surface area (Å²) in [5.41, 5.74) is 1.32. The molecule has 0 N–H and O–H groups in total. The van der Waals surface area contributed by atoms with Gasteiger partial charge < -0.3 is 9.64 Å². The molecule has 156 valence electrons. The van der Waals surface area contributed by atoms with E-state index < -0.39 is 0 Å². The first-order valence-corrected chi connectivity index (χ1v) is 10.5.